The summed E-state index contributed by atoms with van der Waals surface area (Å²) >= 11 is 0. The van der Waals surface area contributed by atoms with E-state index in [1.54, 1.807) is 6.20 Å². The Balaban J connectivity index is 2.25. The molecule has 2 aromatic rings. The van der Waals surface area contributed by atoms with Gasteiger partial charge in [0.05, 0.1) is 6.61 Å². The highest BCUT2D eigenvalue weighted by Gasteiger charge is 2.09. The van der Waals surface area contributed by atoms with Crippen molar-refractivity contribution in [3.63, 3.8) is 0 Å². The average Bonchev–Trinajstić information content (AvgIpc) is 2.48. The number of benzene rings is 1. The minimum absolute atomic E-state index is 0.484. The molecule has 4 nitrogen and oxygen atoms in total. The zero-order chi connectivity index (χ0) is 14.4. The van der Waals surface area contributed by atoms with Crippen molar-refractivity contribution in [3.8, 4) is 17.4 Å². The number of aryl methyl sites for hydroxylation is 1. The average molecular weight is 272 g/mol. The largest absolute Gasteiger partial charge is 0.488 e. The molecule has 0 atom stereocenters. The van der Waals surface area contributed by atoms with Crippen molar-refractivity contribution in [2.45, 2.75) is 26.8 Å². The second kappa shape index (κ2) is 6.91. The van der Waals surface area contributed by atoms with Gasteiger partial charge in [-0.15, -0.1) is 0 Å². The van der Waals surface area contributed by atoms with Crippen LogP contribution < -0.4 is 15.2 Å². The number of rotatable bonds is 6. The summed E-state index contributed by atoms with van der Waals surface area (Å²) in [6.45, 7) is 5.18. The molecule has 0 fully saturated rings. The lowest BCUT2D eigenvalue weighted by molar-refractivity contribution is 0.297. The van der Waals surface area contributed by atoms with E-state index in [9.17, 15) is 0 Å². The summed E-state index contributed by atoms with van der Waals surface area (Å²) in [6.07, 6.45) is 2.63. The highest BCUT2D eigenvalue weighted by Crippen LogP contribution is 2.31. The van der Waals surface area contributed by atoms with Gasteiger partial charge in [-0.3, -0.25) is 0 Å². The number of ether oxygens (including phenoxy) is 2. The number of nitrogens with two attached hydrogens (primary N) is 1. The summed E-state index contributed by atoms with van der Waals surface area (Å²) in [6, 6.07) is 9.62. The molecule has 0 saturated heterocycles. The standard InChI is InChI=1S/C16H20N2O2/c1-3-9-19-14-5-4-8-18-16(14)20-15-10-13(11-17)7-6-12(15)2/h4-8,10H,3,9,11,17H2,1-2H3. The Morgan fingerprint density at radius 1 is 1.20 bits per heavy atom. The fourth-order valence-corrected chi connectivity index (χ4v) is 1.76. The molecule has 1 heterocycles. The maximum atomic E-state index is 5.89. The molecule has 20 heavy (non-hydrogen) atoms. The molecule has 0 aliphatic rings. The van der Waals surface area contributed by atoms with Gasteiger partial charge in [-0.25, -0.2) is 4.98 Å². The van der Waals surface area contributed by atoms with E-state index in [1.165, 1.54) is 0 Å². The zero-order valence-electron chi connectivity index (χ0n) is 11.9. The van der Waals surface area contributed by atoms with E-state index in [1.807, 2.05) is 37.3 Å². The van der Waals surface area contributed by atoms with E-state index in [0.29, 0.717) is 24.8 Å². The summed E-state index contributed by atoms with van der Waals surface area (Å²) in [5.41, 5.74) is 7.72. The van der Waals surface area contributed by atoms with Crippen LogP contribution in [0, 0.1) is 6.92 Å². The first kappa shape index (κ1) is 14.3. The third kappa shape index (κ3) is 3.48. The number of aromatic nitrogens is 1. The number of nitrogens with zero attached hydrogens (tertiary/aromatic N) is 1. The van der Waals surface area contributed by atoms with Crippen LogP contribution in [0.15, 0.2) is 36.5 Å². The van der Waals surface area contributed by atoms with Crippen LogP contribution in [0.3, 0.4) is 0 Å². The lowest BCUT2D eigenvalue weighted by Crippen LogP contribution is -2.00. The van der Waals surface area contributed by atoms with Crippen LogP contribution in [0.25, 0.3) is 0 Å². The summed E-state index contributed by atoms with van der Waals surface area (Å²) in [5.74, 6) is 1.90. The van der Waals surface area contributed by atoms with E-state index in [0.717, 1.165) is 23.3 Å². The van der Waals surface area contributed by atoms with Crippen molar-refractivity contribution < 1.29 is 9.47 Å². The maximum Gasteiger partial charge on any atom is 0.262 e. The SMILES string of the molecule is CCCOc1cccnc1Oc1cc(CN)ccc1C. The Morgan fingerprint density at radius 2 is 2.05 bits per heavy atom. The van der Waals surface area contributed by atoms with Gasteiger partial charge in [0.1, 0.15) is 5.75 Å². The van der Waals surface area contributed by atoms with Crippen LogP contribution in [-0.2, 0) is 6.54 Å². The van der Waals surface area contributed by atoms with Crippen LogP contribution in [-0.4, -0.2) is 11.6 Å². The highest BCUT2D eigenvalue weighted by atomic mass is 16.5. The van der Waals surface area contributed by atoms with Gasteiger partial charge in [0.25, 0.3) is 5.88 Å². The monoisotopic (exact) mass is 272 g/mol. The molecule has 2 rings (SSSR count). The molecule has 1 aromatic carbocycles. The Bertz CT molecular complexity index is 570. The second-order valence-corrected chi connectivity index (χ2v) is 4.56. The van der Waals surface area contributed by atoms with Gasteiger partial charge < -0.3 is 15.2 Å². The van der Waals surface area contributed by atoms with Gasteiger partial charge in [0.2, 0.25) is 0 Å². The van der Waals surface area contributed by atoms with Gasteiger partial charge >= 0.3 is 0 Å². The zero-order valence-corrected chi connectivity index (χ0v) is 11.9. The third-order valence-electron chi connectivity index (χ3n) is 2.89. The number of pyridine rings is 1. The predicted octanol–water partition coefficient (Wildman–Crippen LogP) is 3.43. The van der Waals surface area contributed by atoms with Crippen molar-refractivity contribution >= 4 is 0 Å². The molecule has 1 aromatic heterocycles. The molecule has 2 N–H and O–H groups in total. The Morgan fingerprint density at radius 3 is 2.80 bits per heavy atom. The molecule has 0 amide bonds. The lowest BCUT2D eigenvalue weighted by Gasteiger charge is -2.13. The Kier molecular flexibility index (Phi) is 4.96. The van der Waals surface area contributed by atoms with Crippen LogP contribution in [0.1, 0.15) is 24.5 Å². The van der Waals surface area contributed by atoms with Gasteiger partial charge in [-0.1, -0.05) is 19.1 Å². The fraction of sp³-hybridized carbons (Fsp3) is 0.312. The first-order valence-electron chi connectivity index (χ1n) is 6.80. The van der Waals surface area contributed by atoms with Crippen LogP contribution >= 0.6 is 0 Å². The van der Waals surface area contributed by atoms with Gasteiger partial charge in [0, 0.05) is 12.7 Å². The molecule has 0 saturated carbocycles. The molecule has 4 heteroatoms. The van der Waals surface area contributed by atoms with Crippen LogP contribution in [0.4, 0.5) is 0 Å². The highest BCUT2D eigenvalue weighted by molar-refractivity contribution is 5.42. The van der Waals surface area contributed by atoms with Crippen molar-refractivity contribution in [2.24, 2.45) is 5.73 Å². The molecule has 106 valence electrons. The van der Waals surface area contributed by atoms with Crippen molar-refractivity contribution in [1.82, 2.24) is 4.98 Å². The summed E-state index contributed by atoms with van der Waals surface area (Å²) in [7, 11) is 0. The Labute approximate surface area is 119 Å². The number of hydrogen-bond acceptors (Lipinski definition) is 4. The minimum atomic E-state index is 0.484. The molecule has 0 bridgehead atoms. The lowest BCUT2D eigenvalue weighted by atomic mass is 10.1. The van der Waals surface area contributed by atoms with E-state index < -0.39 is 0 Å². The first-order chi connectivity index (χ1) is 9.74. The summed E-state index contributed by atoms with van der Waals surface area (Å²) in [5, 5.41) is 0. The second-order valence-electron chi connectivity index (χ2n) is 4.56. The number of hydrogen-bond donors (Lipinski definition) is 1. The van der Waals surface area contributed by atoms with Crippen molar-refractivity contribution in [1.29, 1.82) is 0 Å². The van der Waals surface area contributed by atoms with Crippen LogP contribution in [0.5, 0.6) is 17.4 Å². The molecule has 0 aliphatic carbocycles. The van der Waals surface area contributed by atoms with E-state index in [4.69, 9.17) is 15.2 Å². The van der Waals surface area contributed by atoms with Gasteiger partial charge in [-0.2, -0.15) is 0 Å². The topological polar surface area (TPSA) is 57.4 Å². The van der Waals surface area contributed by atoms with Gasteiger partial charge in [0.15, 0.2) is 5.75 Å². The molecule has 0 aliphatic heterocycles. The van der Waals surface area contributed by atoms with Gasteiger partial charge in [-0.05, 0) is 42.7 Å². The first-order valence-corrected chi connectivity index (χ1v) is 6.80. The van der Waals surface area contributed by atoms with Crippen molar-refractivity contribution in [3.05, 3.63) is 47.7 Å². The normalized spacial score (nSPS) is 10.3. The predicted molar refractivity (Wildman–Crippen MR) is 79.2 cm³/mol. The summed E-state index contributed by atoms with van der Waals surface area (Å²) < 4.78 is 11.5. The van der Waals surface area contributed by atoms with E-state index in [2.05, 4.69) is 11.9 Å². The fourth-order valence-electron chi connectivity index (χ4n) is 1.76. The minimum Gasteiger partial charge on any atom is -0.488 e. The van der Waals surface area contributed by atoms with E-state index in [-0.39, 0.29) is 0 Å². The molecule has 0 radical (unpaired) electrons. The Hall–Kier alpha value is -2.07. The molecule has 0 unspecified atom stereocenters. The molecular weight excluding hydrogens is 252 g/mol. The summed E-state index contributed by atoms with van der Waals surface area (Å²) in [4.78, 5) is 4.25. The maximum absolute atomic E-state index is 5.89. The third-order valence-corrected chi connectivity index (χ3v) is 2.89. The molecular formula is C16H20N2O2. The van der Waals surface area contributed by atoms with E-state index >= 15 is 0 Å². The smallest absolute Gasteiger partial charge is 0.262 e. The van der Waals surface area contributed by atoms with Crippen molar-refractivity contribution in [2.75, 3.05) is 6.61 Å². The van der Waals surface area contributed by atoms with Crippen LogP contribution in [0.2, 0.25) is 0 Å². The molecule has 0 spiro atoms. The quantitative estimate of drug-likeness (QED) is 0.875.